The van der Waals surface area contributed by atoms with Crippen LogP contribution >= 0.6 is 15.9 Å². The molecule has 0 aliphatic carbocycles. The van der Waals surface area contributed by atoms with Crippen molar-refractivity contribution in [2.24, 2.45) is 0 Å². The lowest BCUT2D eigenvalue weighted by Crippen LogP contribution is -2.38. The molecule has 1 fully saturated rings. The average Bonchev–Trinajstić information content (AvgIpc) is 2.93. The number of aromatic nitrogens is 4. The van der Waals surface area contributed by atoms with Crippen molar-refractivity contribution in [1.29, 1.82) is 0 Å². The molecule has 0 amide bonds. The molecule has 21 heavy (non-hydrogen) atoms. The number of nitrogen functional groups attached to an aromatic ring is 1. The molecule has 1 aromatic carbocycles. The van der Waals surface area contributed by atoms with Crippen LogP contribution in [0.1, 0.15) is 25.3 Å². The second kappa shape index (κ2) is 5.38. The fraction of sp³-hybridized carbons (Fsp3) is 0.500. The molecule has 2 aromatic rings. The Kier molecular flexibility index (Phi) is 3.71. The van der Waals surface area contributed by atoms with Crippen molar-refractivity contribution in [3.05, 3.63) is 22.2 Å². The molecule has 0 spiro atoms. The highest BCUT2D eigenvalue weighted by atomic mass is 79.9. The summed E-state index contributed by atoms with van der Waals surface area (Å²) >= 11 is 3.49. The molecule has 1 aliphatic rings. The minimum Gasteiger partial charge on any atom is -0.398 e. The van der Waals surface area contributed by atoms with Gasteiger partial charge in [0.2, 0.25) is 0 Å². The Morgan fingerprint density at radius 3 is 2.76 bits per heavy atom. The van der Waals surface area contributed by atoms with Crippen molar-refractivity contribution in [1.82, 2.24) is 20.2 Å². The smallest absolute Gasteiger partial charge is 0.182 e. The van der Waals surface area contributed by atoms with Gasteiger partial charge in [0, 0.05) is 28.9 Å². The van der Waals surface area contributed by atoms with Gasteiger partial charge >= 0.3 is 0 Å². The lowest BCUT2D eigenvalue weighted by atomic mass is 9.92. The number of nitrogens with two attached hydrogens (primary N) is 1. The zero-order valence-corrected chi connectivity index (χ0v) is 13.7. The summed E-state index contributed by atoms with van der Waals surface area (Å²) < 4.78 is 8.30. The zero-order chi connectivity index (χ0) is 15.0. The fourth-order valence-corrected chi connectivity index (χ4v) is 3.15. The number of rotatable bonds is 2. The van der Waals surface area contributed by atoms with E-state index in [-0.39, 0.29) is 5.54 Å². The molecule has 3 rings (SSSR count). The average molecular weight is 352 g/mol. The Balaban J connectivity index is 2.11. The summed E-state index contributed by atoms with van der Waals surface area (Å²) in [6, 6.07) is 3.90. The first-order valence-corrected chi connectivity index (χ1v) is 7.73. The van der Waals surface area contributed by atoms with Gasteiger partial charge in [0.15, 0.2) is 5.82 Å². The zero-order valence-electron chi connectivity index (χ0n) is 12.1. The van der Waals surface area contributed by atoms with Crippen LogP contribution in [-0.4, -0.2) is 33.4 Å². The van der Waals surface area contributed by atoms with Crippen molar-refractivity contribution in [3.8, 4) is 11.4 Å². The highest BCUT2D eigenvalue weighted by Gasteiger charge is 2.33. The molecule has 1 aliphatic heterocycles. The highest BCUT2D eigenvalue weighted by Crippen LogP contribution is 2.35. The van der Waals surface area contributed by atoms with E-state index in [4.69, 9.17) is 10.5 Å². The van der Waals surface area contributed by atoms with Gasteiger partial charge < -0.3 is 10.5 Å². The molecule has 1 saturated heterocycles. The summed E-state index contributed by atoms with van der Waals surface area (Å²) in [6.45, 7) is 5.62. The lowest BCUT2D eigenvalue weighted by Gasteiger charge is -2.34. The maximum absolute atomic E-state index is 6.06. The van der Waals surface area contributed by atoms with Crippen LogP contribution in [0, 0.1) is 6.92 Å². The minimum atomic E-state index is -0.124. The summed E-state index contributed by atoms with van der Waals surface area (Å²) in [5, 5.41) is 12.4. The van der Waals surface area contributed by atoms with Crippen molar-refractivity contribution in [2.45, 2.75) is 32.2 Å². The Labute approximate surface area is 131 Å². The van der Waals surface area contributed by atoms with Crippen molar-refractivity contribution < 1.29 is 4.74 Å². The second-order valence-corrected chi connectivity index (χ2v) is 6.61. The van der Waals surface area contributed by atoms with E-state index in [1.54, 1.807) is 0 Å². The van der Waals surface area contributed by atoms with E-state index in [9.17, 15) is 0 Å². The van der Waals surface area contributed by atoms with Crippen LogP contribution in [0.25, 0.3) is 11.4 Å². The molecule has 2 N–H and O–H groups in total. The third kappa shape index (κ3) is 2.55. The SMILES string of the molecule is Cc1c(N)cc(Br)cc1-c1nnnn1C1(C)CCOCC1. The quantitative estimate of drug-likeness (QED) is 0.841. The minimum absolute atomic E-state index is 0.124. The standard InChI is InChI=1S/C14H18BrN5O/c1-9-11(7-10(15)8-12(9)16)13-17-18-19-20(13)14(2)3-5-21-6-4-14/h7-8H,3-6,16H2,1-2H3. The lowest BCUT2D eigenvalue weighted by molar-refractivity contribution is 0.0240. The van der Waals surface area contributed by atoms with Gasteiger partial charge in [0.05, 0.1) is 5.54 Å². The second-order valence-electron chi connectivity index (χ2n) is 5.69. The van der Waals surface area contributed by atoms with Gasteiger partial charge in [-0.25, -0.2) is 4.68 Å². The summed E-state index contributed by atoms with van der Waals surface area (Å²) in [5.74, 6) is 0.755. The van der Waals surface area contributed by atoms with E-state index < -0.39 is 0 Å². The summed E-state index contributed by atoms with van der Waals surface area (Å²) in [4.78, 5) is 0. The first kappa shape index (κ1) is 14.5. The number of anilines is 1. The molecule has 0 saturated carbocycles. The Bertz CT molecular complexity index is 663. The van der Waals surface area contributed by atoms with Crippen LogP contribution in [-0.2, 0) is 10.3 Å². The molecule has 0 radical (unpaired) electrons. The normalized spacial score (nSPS) is 17.9. The van der Waals surface area contributed by atoms with Gasteiger partial charge in [-0.1, -0.05) is 15.9 Å². The molecule has 0 unspecified atom stereocenters. The Hall–Kier alpha value is -1.47. The number of halogens is 1. The van der Waals surface area contributed by atoms with E-state index in [0.717, 1.165) is 53.2 Å². The molecule has 6 nitrogen and oxygen atoms in total. The van der Waals surface area contributed by atoms with Crippen molar-refractivity contribution in [2.75, 3.05) is 18.9 Å². The van der Waals surface area contributed by atoms with Gasteiger partial charge in [0.25, 0.3) is 0 Å². The van der Waals surface area contributed by atoms with Gasteiger partial charge in [-0.15, -0.1) is 5.10 Å². The van der Waals surface area contributed by atoms with E-state index in [1.165, 1.54) is 0 Å². The molecule has 2 heterocycles. The largest absolute Gasteiger partial charge is 0.398 e. The van der Waals surface area contributed by atoms with Crippen molar-refractivity contribution in [3.63, 3.8) is 0 Å². The predicted molar refractivity (Wildman–Crippen MR) is 83.8 cm³/mol. The van der Waals surface area contributed by atoms with E-state index in [1.807, 2.05) is 23.7 Å². The maximum Gasteiger partial charge on any atom is 0.182 e. The number of benzene rings is 1. The monoisotopic (exact) mass is 351 g/mol. The van der Waals surface area contributed by atoms with Crippen LogP contribution in [0.5, 0.6) is 0 Å². The fourth-order valence-electron chi connectivity index (χ4n) is 2.67. The molecular weight excluding hydrogens is 334 g/mol. The Morgan fingerprint density at radius 2 is 2.05 bits per heavy atom. The van der Waals surface area contributed by atoms with E-state index in [2.05, 4.69) is 38.4 Å². The molecule has 112 valence electrons. The number of nitrogens with zero attached hydrogens (tertiary/aromatic N) is 4. The number of tetrazole rings is 1. The predicted octanol–water partition coefficient (Wildman–Crippen LogP) is 2.52. The highest BCUT2D eigenvalue weighted by molar-refractivity contribution is 9.10. The van der Waals surface area contributed by atoms with E-state index >= 15 is 0 Å². The van der Waals surface area contributed by atoms with Crippen molar-refractivity contribution >= 4 is 21.6 Å². The van der Waals surface area contributed by atoms with Gasteiger partial charge in [-0.05, 0) is 54.8 Å². The first-order chi connectivity index (χ1) is 10.0. The van der Waals surface area contributed by atoms with Crippen LogP contribution in [0.4, 0.5) is 5.69 Å². The third-order valence-corrected chi connectivity index (χ3v) is 4.66. The maximum atomic E-state index is 6.06. The number of hydrogen-bond donors (Lipinski definition) is 1. The summed E-state index contributed by atoms with van der Waals surface area (Å²) in [5.41, 5.74) is 8.61. The summed E-state index contributed by atoms with van der Waals surface area (Å²) in [6.07, 6.45) is 1.79. The molecule has 0 atom stereocenters. The topological polar surface area (TPSA) is 78.9 Å². The molecular formula is C14H18BrN5O. The molecule has 0 bridgehead atoms. The van der Waals surface area contributed by atoms with Crippen LogP contribution in [0.15, 0.2) is 16.6 Å². The molecule has 7 heteroatoms. The third-order valence-electron chi connectivity index (χ3n) is 4.20. The van der Waals surface area contributed by atoms with Crippen LogP contribution in [0.3, 0.4) is 0 Å². The van der Waals surface area contributed by atoms with Crippen LogP contribution < -0.4 is 5.73 Å². The Morgan fingerprint density at radius 1 is 1.33 bits per heavy atom. The summed E-state index contributed by atoms with van der Waals surface area (Å²) in [7, 11) is 0. The molecule has 1 aromatic heterocycles. The van der Waals surface area contributed by atoms with Gasteiger partial charge in [-0.2, -0.15) is 0 Å². The number of ether oxygens (including phenoxy) is 1. The van der Waals surface area contributed by atoms with Crippen LogP contribution in [0.2, 0.25) is 0 Å². The number of hydrogen-bond acceptors (Lipinski definition) is 5. The van der Waals surface area contributed by atoms with E-state index in [0.29, 0.717) is 0 Å². The first-order valence-electron chi connectivity index (χ1n) is 6.94. The van der Waals surface area contributed by atoms with Gasteiger partial charge in [0.1, 0.15) is 0 Å². The van der Waals surface area contributed by atoms with Gasteiger partial charge in [-0.3, -0.25) is 0 Å².